The molecular weight excluding hydrogens is 540 g/mol. The number of nitrogens with zero attached hydrogens (tertiary/aromatic N) is 7. The van der Waals surface area contributed by atoms with Crippen molar-refractivity contribution in [2.24, 2.45) is 0 Å². The molecule has 4 aromatic rings. The van der Waals surface area contributed by atoms with Crippen LogP contribution >= 0.6 is 11.3 Å². The molecule has 1 N–H and O–H groups in total. The van der Waals surface area contributed by atoms with E-state index in [4.69, 9.17) is 14.8 Å². The minimum Gasteiger partial charge on any atom is -0.350 e. The van der Waals surface area contributed by atoms with E-state index in [2.05, 4.69) is 36.1 Å². The maximum atomic E-state index is 13.5. The number of rotatable bonds is 11. The molecule has 0 spiro atoms. The van der Waals surface area contributed by atoms with E-state index in [-0.39, 0.29) is 17.9 Å². The van der Waals surface area contributed by atoms with Crippen LogP contribution in [-0.2, 0) is 9.63 Å². The molecule has 41 heavy (non-hydrogen) atoms. The van der Waals surface area contributed by atoms with Crippen LogP contribution in [0.25, 0.3) is 27.5 Å². The number of pyridine rings is 1. The molecule has 5 heterocycles. The molecule has 11 nitrogen and oxygen atoms in total. The molecule has 0 aromatic carbocycles. The predicted octanol–water partition coefficient (Wildman–Crippen LogP) is 3.58. The lowest BCUT2D eigenvalue weighted by Crippen LogP contribution is -2.56. The van der Waals surface area contributed by atoms with E-state index in [9.17, 15) is 9.59 Å². The second-order valence-electron chi connectivity index (χ2n) is 10.0. The Kier molecular flexibility index (Phi) is 8.62. The molecular formula is C29H36N8O3S. The fraction of sp³-hybridized carbons (Fsp3) is 0.414. The van der Waals surface area contributed by atoms with Crippen molar-refractivity contribution < 1.29 is 14.4 Å². The molecule has 1 saturated heterocycles. The molecule has 1 aliphatic heterocycles. The Labute approximate surface area is 243 Å². The van der Waals surface area contributed by atoms with E-state index in [1.54, 1.807) is 41.2 Å². The number of thiophene rings is 1. The van der Waals surface area contributed by atoms with Gasteiger partial charge < -0.3 is 10.2 Å². The van der Waals surface area contributed by atoms with Crippen LogP contribution in [0.5, 0.6) is 0 Å². The molecule has 2 atom stereocenters. The fourth-order valence-corrected chi connectivity index (χ4v) is 5.78. The average Bonchev–Trinajstić information content (AvgIpc) is 3.65. The Balaban J connectivity index is 1.52. The van der Waals surface area contributed by atoms with Gasteiger partial charge in [-0.2, -0.15) is 5.10 Å². The van der Waals surface area contributed by atoms with Gasteiger partial charge >= 0.3 is 0 Å². The topological polar surface area (TPSA) is 108 Å². The lowest BCUT2D eigenvalue weighted by atomic mass is 10.0. The summed E-state index contributed by atoms with van der Waals surface area (Å²) in [5, 5.41) is 10.8. The lowest BCUT2D eigenvalue weighted by Gasteiger charge is -2.42. The number of carbonyl (C=O) groups is 2. The van der Waals surface area contributed by atoms with Crippen LogP contribution in [0.4, 0.5) is 5.82 Å². The number of hydrogen-bond acceptors (Lipinski definition) is 9. The molecule has 1 aliphatic rings. The molecule has 4 aromatic heterocycles. The van der Waals surface area contributed by atoms with E-state index >= 15 is 0 Å². The fourth-order valence-electron chi connectivity index (χ4n) is 5.08. The number of aromatic nitrogens is 4. The van der Waals surface area contributed by atoms with Crippen LogP contribution in [-0.4, -0.2) is 93.8 Å². The van der Waals surface area contributed by atoms with Crippen LogP contribution in [0, 0.1) is 0 Å². The Hall–Kier alpha value is -3.87. The third-order valence-corrected chi connectivity index (χ3v) is 8.56. The number of likely N-dealkylation sites (N-methyl/N-ethyl adjacent to an activating group) is 2. The summed E-state index contributed by atoms with van der Waals surface area (Å²) in [6.45, 7) is 9.31. The zero-order chi connectivity index (χ0) is 29.1. The van der Waals surface area contributed by atoms with Crippen molar-refractivity contribution in [2.75, 3.05) is 45.2 Å². The SMILES string of the molecule is CCN(CC)[C@@H](C)CNC(=O)c1cc(-c2cnn3ccc(-c4cccs4)nc23)nc(N2CC[C@H]2C(=O)N(C)OC)c1. The van der Waals surface area contributed by atoms with Crippen molar-refractivity contribution in [2.45, 2.75) is 39.3 Å². The quantitative estimate of drug-likeness (QED) is 0.270. The summed E-state index contributed by atoms with van der Waals surface area (Å²) in [5.74, 6) is 0.186. The maximum absolute atomic E-state index is 13.5. The van der Waals surface area contributed by atoms with Gasteiger partial charge in [-0.1, -0.05) is 19.9 Å². The third-order valence-electron chi connectivity index (χ3n) is 7.67. The monoisotopic (exact) mass is 576 g/mol. The highest BCUT2D eigenvalue weighted by Crippen LogP contribution is 2.32. The highest BCUT2D eigenvalue weighted by molar-refractivity contribution is 7.13. The molecule has 0 saturated carbocycles. The van der Waals surface area contributed by atoms with E-state index in [0.29, 0.717) is 47.8 Å². The number of carbonyl (C=O) groups excluding carboxylic acids is 2. The largest absolute Gasteiger partial charge is 0.350 e. The minimum atomic E-state index is -0.422. The molecule has 0 radical (unpaired) electrons. The standard InChI is InChI=1S/C29H36N8O3S/c1-6-35(7-2)19(3)17-30-28(38)20-15-23(32-26(16-20)36-12-11-24(36)29(39)34(4)40-5)21-18-31-37-13-10-22(33-27(21)37)25-9-8-14-41-25/h8-10,13-16,18-19,24H,6-7,11-12,17H2,1-5H3,(H,30,38)/t19-,24-/m0/s1. The summed E-state index contributed by atoms with van der Waals surface area (Å²) in [5.41, 5.74) is 3.20. The number of fused-ring (bicyclic) bond motifs is 1. The predicted molar refractivity (Wildman–Crippen MR) is 160 cm³/mol. The lowest BCUT2D eigenvalue weighted by molar-refractivity contribution is -0.171. The summed E-state index contributed by atoms with van der Waals surface area (Å²) in [7, 11) is 3.05. The zero-order valence-corrected chi connectivity index (χ0v) is 24.9. The number of hydrogen-bond donors (Lipinski definition) is 1. The van der Waals surface area contributed by atoms with Gasteiger partial charge in [-0.15, -0.1) is 11.3 Å². The zero-order valence-electron chi connectivity index (χ0n) is 24.1. The van der Waals surface area contributed by atoms with Gasteiger partial charge in [0.2, 0.25) is 0 Å². The van der Waals surface area contributed by atoms with Gasteiger partial charge in [0.1, 0.15) is 11.9 Å². The maximum Gasteiger partial charge on any atom is 0.268 e. The Morgan fingerprint density at radius 1 is 1.20 bits per heavy atom. The number of hydroxylamine groups is 2. The highest BCUT2D eigenvalue weighted by Gasteiger charge is 2.37. The number of amides is 2. The van der Waals surface area contributed by atoms with Gasteiger partial charge in [-0.3, -0.25) is 19.3 Å². The first kappa shape index (κ1) is 28.7. The number of nitrogens with one attached hydrogen (secondary N) is 1. The summed E-state index contributed by atoms with van der Waals surface area (Å²) < 4.78 is 1.70. The third kappa shape index (κ3) is 5.81. The molecule has 2 amide bonds. The van der Waals surface area contributed by atoms with Crippen molar-refractivity contribution >= 4 is 34.6 Å². The molecule has 5 rings (SSSR count). The van der Waals surface area contributed by atoms with Crippen LogP contribution in [0.1, 0.15) is 37.6 Å². The van der Waals surface area contributed by atoms with Gasteiger partial charge in [-0.05, 0) is 56.1 Å². The summed E-state index contributed by atoms with van der Waals surface area (Å²) in [4.78, 5) is 46.6. The van der Waals surface area contributed by atoms with Gasteiger partial charge in [0.25, 0.3) is 11.8 Å². The second kappa shape index (κ2) is 12.3. The van der Waals surface area contributed by atoms with E-state index in [0.717, 1.165) is 23.7 Å². The molecule has 0 aliphatic carbocycles. The van der Waals surface area contributed by atoms with Crippen LogP contribution in [0.15, 0.2) is 48.1 Å². The van der Waals surface area contributed by atoms with Crippen LogP contribution < -0.4 is 10.2 Å². The molecule has 12 heteroatoms. The molecule has 216 valence electrons. The smallest absolute Gasteiger partial charge is 0.268 e. The normalized spacial score (nSPS) is 15.7. The van der Waals surface area contributed by atoms with Gasteiger partial charge in [0.15, 0.2) is 5.65 Å². The van der Waals surface area contributed by atoms with Gasteiger partial charge in [0, 0.05) is 37.9 Å². The summed E-state index contributed by atoms with van der Waals surface area (Å²) >= 11 is 1.62. The van der Waals surface area contributed by atoms with E-state index < -0.39 is 6.04 Å². The van der Waals surface area contributed by atoms with Crippen molar-refractivity contribution in [3.8, 4) is 21.8 Å². The Morgan fingerprint density at radius 2 is 2.00 bits per heavy atom. The highest BCUT2D eigenvalue weighted by atomic mass is 32.1. The van der Waals surface area contributed by atoms with E-state index in [1.807, 2.05) is 34.7 Å². The average molecular weight is 577 g/mol. The van der Waals surface area contributed by atoms with Crippen molar-refractivity contribution in [1.82, 2.24) is 34.9 Å². The van der Waals surface area contributed by atoms with Crippen molar-refractivity contribution in [1.29, 1.82) is 0 Å². The van der Waals surface area contributed by atoms with E-state index in [1.165, 1.54) is 12.2 Å². The van der Waals surface area contributed by atoms with Gasteiger partial charge in [0.05, 0.1) is 35.1 Å². The summed E-state index contributed by atoms with van der Waals surface area (Å²) in [6.07, 6.45) is 4.26. The van der Waals surface area contributed by atoms with Crippen molar-refractivity contribution in [3.05, 3.63) is 53.7 Å². The summed E-state index contributed by atoms with van der Waals surface area (Å²) in [6, 6.07) is 9.24. The number of anilines is 1. The first-order valence-corrected chi connectivity index (χ1v) is 14.7. The Bertz CT molecular complexity index is 1520. The molecule has 0 unspecified atom stereocenters. The van der Waals surface area contributed by atoms with Crippen molar-refractivity contribution in [3.63, 3.8) is 0 Å². The van der Waals surface area contributed by atoms with Gasteiger partial charge in [-0.25, -0.2) is 19.5 Å². The second-order valence-corrected chi connectivity index (χ2v) is 11.0. The van der Waals surface area contributed by atoms with Crippen LogP contribution in [0.3, 0.4) is 0 Å². The first-order chi connectivity index (χ1) is 19.8. The Morgan fingerprint density at radius 3 is 2.66 bits per heavy atom. The van der Waals surface area contributed by atoms with Crippen LogP contribution in [0.2, 0.25) is 0 Å². The molecule has 0 bridgehead atoms. The first-order valence-electron chi connectivity index (χ1n) is 13.9. The molecule has 1 fully saturated rings. The minimum absolute atomic E-state index is 0.164.